The summed E-state index contributed by atoms with van der Waals surface area (Å²) in [4.78, 5) is 28.5. The van der Waals surface area contributed by atoms with Gasteiger partial charge in [-0.15, -0.1) is 0 Å². The number of aliphatic hydroxyl groups is 1. The fourth-order valence-corrected chi connectivity index (χ4v) is 3.36. The van der Waals surface area contributed by atoms with Crippen LogP contribution in [0.5, 0.6) is 0 Å². The third kappa shape index (κ3) is 7.20. The second-order valence-corrected chi connectivity index (χ2v) is 8.09. The molecule has 2 atom stereocenters. The van der Waals surface area contributed by atoms with E-state index in [2.05, 4.69) is 45.8 Å². The predicted molar refractivity (Wildman–Crippen MR) is 125 cm³/mol. The molecule has 1 aromatic heterocycles. The number of hydrogen-bond donors (Lipinski definition) is 4. The van der Waals surface area contributed by atoms with Crippen molar-refractivity contribution in [3.8, 4) is 23.7 Å². The summed E-state index contributed by atoms with van der Waals surface area (Å²) in [5.74, 6) is 11.3. The van der Waals surface area contributed by atoms with E-state index in [9.17, 15) is 14.7 Å². The number of likely N-dealkylation sites (N-methyl/N-ethyl adjacent to an activating group) is 1. The molecular formula is C25H28N4O5. The van der Waals surface area contributed by atoms with Crippen LogP contribution in [-0.4, -0.2) is 77.3 Å². The van der Waals surface area contributed by atoms with Crippen molar-refractivity contribution in [2.75, 3.05) is 33.2 Å². The summed E-state index contributed by atoms with van der Waals surface area (Å²) in [5, 5.41) is 20.7. The molecule has 34 heavy (non-hydrogen) atoms. The number of aliphatic hydroxyl groups excluding tert-OH is 1. The van der Waals surface area contributed by atoms with Crippen molar-refractivity contribution in [2.24, 2.45) is 0 Å². The van der Waals surface area contributed by atoms with Crippen LogP contribution in [0.15, 0.2) is 40.8 Å². The van der Waals surface area contributed by atoms with Crippen molar-refractivity contribution < 1.29 is 24.3 Å². The van der Waals surface area contributed by atoms with Gasteiger partial charge in [-0.2, -0.15) is 0 Å². The van der Waals surface area contributed by atoms with E-state index in [1.807, 2.05) is 12.1 Å². The van der Waals surface area contributed by atoms with Gasteiger partial charge in [0.2, 0.25) is 0 Å². The Morgan fingerprint density at radius 2 is 1.74 bits per heavy atom. The molecule has 1 aromatic carbocycles. The number of carbonyl (C=O) groups excluding carboxylic acids is 2. The standard InChI is InChI=1S/C25H28N4O5/c1-18(30)23(25(32)27-33)26-24(31)20-9-7-19(8-10-20)5-3-4-6-21-11-12-22(34-21)17-29-15-13-28(2)14-16-29/h7-12,18,23,30,33H,13-17H2,1-2H3,(H,26,31)(H,27,32). The first-order chi connectivity index (χ1) is 16.4. The molecule has 0 radical (unpaired) electrons. The summed E-state index contributed by atoms with van der Waals surface area (Å²) in [6, 6.07) is 8.87. The number of nitrogens with one attached hydrogen (secondary N) is 2. The van der Waals surface area contributed by atoms with Gasteiger partial charge in [0.05, 0.1) is 12.6 Å². The molecular weight excluding hydrogens is 436 g/mol. The van der Waals surface area contributed by atoms with Gasteiger partial charge in [0.15, 0.2) is 5.76 Å². The van der Waals surface area contributed by atoms with Gasteiger partial charge in [0.1, 0.15) is 11.8 Å². The molecule has 2 amide bonds. The van der Waals surface area contributed by atoms with E-state index in [0.717, 1.165) is 38.5 Å². The summed E-state index contributed by atoms with van der Waals surface area (Å²) in [7, 11) is 2.12. The maximum Gasteiger partial charge on any atom is 0.268 e. The zero-order chi connectivity index (χ0) is 24.5. The van der Waals surface area contributed by atoms with Crippen molar-refractivity contribution in [1.82, 2.24) is 20.6 Å². The minimum Gasteiger partial charge on any atom is -0.451 e. The van der Waals surface area contributed by atoms with Crippen LogP contribution in [0.1, 0.15) is 34.4 Å². The van der Waals surface area contributed by atoms with Gasteiger partial charge in [-0.1, -0.05) is 5.92 Å². The molecule has 9 nitrogen and oxygen atoms in total. The van der Waals surface area contributed by atoms with E-state index < -0.39 is 24.0 Å². The monoisotopic (exact) mass is 464 g/mol. The Labute approximate surface area is 198 Å². The Balaban J connectivity index is 1.54. The average Bonchev–Trinajstić information content (AvgIpc) is 3.28. The Morgan fingerprint density at radius 1 is 1.06 bits per heavy atom. The lowest BCUT2D eigenvalue weighted by atomic mass is 10.1. The van der Waals surface area contributed by atoms with Crippen LogP contribution in [0.2, 0.25) is 0 Å². The lowest BCUT2D eigenvalue weighted by molar-refractivity contribution is -0.133. The molecule has 4 N–H and O–H groups in total. The van der Waals surface area contributed by atoms with Gasteiger partial charge < -0.3 is 19.7 Å². The largest absolute Gasteiger partial charge is 0.451 e. The Kier molecular flexibility index (Phi) is 8.86. The predicted octanol–water partition coefficient (Wildman–Crippen LogP) is 0.415. The highest BCUT2D eigenvalue weighted by Crippen LogP contribution is 2.11. The second-order valence-electron chi connectivity index (χ2n) is 8.09. The maximum absolute atomic E-state index is 12.3. The van der Waals surface area contributed by atoms with E-state index in [-0.39, 0.29) is 5.56 Å². The molecule has 1 fully saturated rings. The molecule has 0 spiro atoms. The topological polar surface area (TPSA) is 118 Å². The van der Waals surface area contributed by atoms with Crippen molar-refractivity contribution in [3.63, 3.8) is 0 Å². The smallest absolute Gasteiger partial charge is 0.268 e. The first-order valence-corrected chi connectivity index (χ1v) is 10.9. The minimum absolute atomic E-state index is 0.275. The van der Waals surface area contributed by atoms with Gasteiger partial charge in [-0.25, -0.2) is 5.48 Å². The molecule has 0 aliphatic carbocycles. The highest BCUT2D eigenvalue weighted by molar-refractivity contribution is 5.97. The van der Waals surface area contributed by atoms with Crippen molar-refractivity contribution in [2.45, 2.75) is 25.6 Å². The van der Waals surface area contributed by atoms with E-state index in [1.54, 1.807) is 24.3 Å². The van der Waals surface area contributed by atoms with Gasteiger partial charge >= 0.3 is 0 Å². The number of carbonyl (C=O) groups is 2. The zero-order valence-corrected chi connectivity index (χ0v) is 19.2. The number of amides is 2. The van der Waals surface area contributed by atoms with E-state index in [1.165, 1.54) is 12.4 Å². The summed E-state index contributed by atoms with van der Waals surface area (Å²) >= 11 is 0. The fourth-order valence-electron chi connectivity index (χ4n) is 3.36. The van der Waals surface area contributed by atoms with Gasteiger partial charge in [-0.3, -0.25) is 19.7 Å². The molecule has 2 aromatic rings. The molecule has 2 unspecified atom stereocenters. The summed E-state index contributed by atoms with van der Waals surface area (Å²) < 4.78 is 5.78. The fraction of sp³-hybridized carbons (Fsp3) is 0.360. The minimum atomic E-state index is -1.28. The number of nitrogens with zero attached hydrogens (tertiary/aromatic N) is 2. The average molecular weight is 465 g/mol. The quantitative estimate of drug-likeness (QED) is 0.278. The van der Waals surface area contributed by atoms with Gasteiger partial charge in [0.25, 0.3) is 11.8 Å². The van der Waals surface area contributed by atoms with Crippen LogP contribution < -0.4 is 10.8 Å². The molecule has 9 heteroatoms. The van der Waals surface area contributed by atoms with Crippen molar-refractivity contribution in [1.29, 1.82) is 0 Å². The van der Waals surface area contributed by atoms with E-state index >= 15 is 0 Å². The molecule has 1 aliphatic heterocycles. The van der Waals surface area contributed by atoms with Crippen molar-refractivity contribution >= 4 is 11.8 Å². The molecule has 3 rings (SSSR count). The number of benzene rings is 1. The maximum atomic E-state index is 12.3. The van der Waals surface area contributed by atoms with Gasteiger partial charge in [0, 0.05) is 37.3 Å². The van der Waals surface area contributed by atoms with Crippen LogP contribution in [0.3, 0.4) is 0 Å². The Bertz CT molecular complexity index is 1110. The molecule has 178 valence electrons. The molecule has 1 aliphatic rings. The highest BCUT2D eigenvalue weighted by atomic mass is 16.5. The molecule has 0 bridgehead atoms. The SMILES string of the molecule is CC(O)C(NC(=O)c1ccc(C#CC#Cc2ccc(CN3CCN(C)CC3)o2)cc1)C(=O)NO. The summed E-state index contributed by atoms with van der Waals surface area (Å²) in [5.41, 5.74) is 2.35. The number of piperazine rings is 1. The zero-order valence-electron chi connectivity index (χ0n) is 19.2. The number of hydroxylamine groups is 1. The third-order valence-corrected chi connectivity index (χ3v) is 5.40. The van der Waals surface area contributed by atoms with Crippen molar-refractivity contribution in [3.05, 3.63) is 59.0 Å². The lowest BCUT2D eigenvalue weighted by Gasteiger charge is -2.31. The second kappa shape index (κ2) is 12.0. The molecule has 1 saturated heterocycles. The first-order valence-electron chi connectivity index (χ1n) is 10.9. The number of hydrogen-bond acceptors (Lipinski definition) is 7. The summed E-state index contributed by atoms with van der Waals surface area (Å²) in [6.45, 7) is 6.24. The molecule has 0 saturated carbocycles. The third-order valence-electron chi connectivity index (χ3n) is 5.40. The molecule has 2 heterocycles. The Morgan fingerprint density at radius 3 is 2.38 bits per heavy atom. The van der Waals surface area contributed by atoms with Crippen LogP contribution in [0.25, 0.3) is 0 Å². The van der Waals surface area contributed by atoms with Gasteiger partial charge in [-0.05, 0) is 68.1 Å². The first kappa shape index (κ1) is 25.0. The van der Waals surface area contributed by atoms with E-state index in [4.69, 9.17) is 9.62 Å². The van der Waals surface area contributed by atoms with E-state index in [0.29, 0.717) is 11.3 Å². The number of rotatable bonds is 6. The van der Waals surface area contributed by atoms with Crippen LogP contribution in [-0.2, 0) is 11.3 Å². The number of furan rings is 1. The normalized spacial score (nSPS) is 15.8. The lowest BCUT2D eigenvalue weighted by Crippen LogP contribution is -2.51. The van der Waals surface area contributed by atoms with Crippen LogP contribution in [0, 0.1) is 23.7 Å². The summed E-state index contributed by atoms with van der Waals surface area (Å²) in [6.07, 6.45) is -1.18. The van der Waals surface area contributed by atoms with Crippen LogP contribution >= 0.6 is 0 Å². The van der Waals surface area contributed by atoms with Crippen LogP contribution in [0.4, 0.5) is 0 Å². The highest BCUT2D eigenvalue weighted by Gasteiger charge is 2.25. The Hall–Kier alpha value is -3.60.